The first-order valence-electron chi connectivity index (χ1n) is 12.0. The number of methoxy groups -OCH3 is 1. The molecule has 2 aromatic carbocycles. The largest absolute Gasteiger partial charge is 0.497 e. The zero-order valence-corrected chi connectivity index (χ0v) is 20.7. The Labute approximate surface area is 211 Å². The summed E-state index contributed by atoms with van der Waals surface area (Å²) in [5, 5.41) is 2.78. The number of aromatic nitrogens is 1. The Morgan fingerprint density at radius 3 is 2.39 bits per heavy atom. The van der Waals surface area contributed by atoms with Crippen LogP contribution in [0.2, 0.25) is 0 Å². The van der Waals surface area contributed by atoms with E-state index in [1.807, 2.05) is 65.6 Å². The Morgan fingerprint density at radius 1 is 1.00 bits per heavy atom. The normalized spacial score (nSPS) is 16.4. The summed E-state index contributed by atoms with van der Waals surface area (Å²) in [5.74, 6) is 0.744. The summed E-state index contributed by atoms with van der Waals surface area (Å²) >= 11 is 0. The number of nitrogens with one attached hydrogen (secondary N) is 1. The molecular weight excluding hydrogens is 456 g/mol. The maximum absolute atomic E-state index is 13.3. The van der Waals surface area contributed by atoms with E-state index in [2.05, 4.69) is 15.2 Å². The van der Waals surface area contributed by atoms with Crippen LogP contribution in [0.4, 0.5) is 5.69 Å². The second kappa shape index (κ2) is 12.3. The van der Waals surface area contributed by atoms with Crippen LogP contribution in [0.15, 0.2) is 73.1 Å². The second-order valence-electron chi connectivity index (χ2n) is 8.96. The Balaban J connectivity index is 1.47. The van der Waals surface area contributed by atoms with Gasteiger partial charge in [-0.1, -0.05) is 30.3 Å². The van der Waals surface area contributed by atoms with E-state index in [-0.39, 0.29) is 17.9 Å². The van der Waals surface area contributed by atoms with Crippen LogP contribution in [-0.4, -0.2) is 59.4 Å². The average Bonchev–Trinajstić information content (AvgIpc) is 3.02. The van der Waals surface area contributed by atoms with Crippen LogP contribution < -0.4 is 10.1 Å². The van der Waals surface area contributed by atoms with Crippen LogP contribution >= 0.6 is 0 Å². The van der Waals surface area contributed by atoms with Crippen molar-refractivity contribution in [2.24, 2.45) is 0 Å². The third kappa shape index (κ3) is 7.37. The summed E-state index contributed by atoms with van der Waals surface area (Å²) in [4.78, 5) is 32.7. The fourth-order valence-electron chi connectivity index (χ4n) is 4.23. The zero-order chi connectivity index (χ0) is 25.3. The number of benzene rings is 2. The molecule has 4 rings (SSSR count). The van der Waals surface area contributed by atoms with Gasteiger partial charge in [-0.15, -0.1) is 0 Å². The van der Waals surface area contributed by atoms with E-state index >= 15 is 0 Å². The van der Waals surface area contributed by atoms with Gasteiger partial charge in [0, 0.05) is 51.2 Å². The minimum atomic E-state index is -0.159. The smallest absolute Gasteiger partial charge is 0.237 e. The van der Waals surface area contributed by atoms with E-state index < -0.39 is 0 Å². The van der Waals surface area contributed by atoms with E-state index in [0.29, 0.717) is 39.3 Å². The zero-order valence-electron chi connectivity index (χ0n) is 20.7. The molecule has 0 aliphatic carbocycles. The third-order valence-corrected chi connectivity index (χ3v) is 6.02. The predicted octanol–water partition coefficient (Wildman–Crippen LogP) is 3.48. The molecule has 1 N–H and O–H groups in total. The van der Waals surface area contributed by atoms with Crippen molar-refractivity contribution in [2.75, 3.05) is 32.1 Å². The molecule has 3 aromatic rings. The highest BCUT2D eigenvalue weighted by Gasteiger charge is 2.28. The van der Waals surface area contributed by atoms with Crippen molar-refractivity contribution >= 4 is 17.5 Å². The Morgan fingerprint density at radius 2 is 1.72 bits per heavy atom. The summed E-state index contributed by atoms with van der Waals surface area (Å²) < 4.78 is 11.5. The molecule has 0 spiro atoms. The molecule has 1 saturated heterocycles. The SMILES string of the molecule is COc1ccc(CN2C[C@H](OCc3cccnc3)CN(Cc3ccc(NC(C)=O)cc3)CC2=O)cc1. The van der Waals surface area contributed by atoms with Crippen molar-refractivity contribution < 1.29 is 19.1 Å². The number of nitrogens with zero attached hydrogens (tertiary/aromatic N) is 3. The summed E-state index contributed by atoms with van der Waals surface area (Å²) in [5.41, 5.74) is 3.85. The van der Waals surface area contributed by atoms with Gasteiger partial charge in [-0.25, -0.2) is 0 Å². The maximum Gasteiger partial charge on any atom is 0.237 e. The number of carbonyl (C=O) groups is 2. The summed E-state index contributed by atoms with van der Waals surface area (Å²) in [7, 11) is 1.64. The molecule has 8 heteroatoms. The fraction of sp³-hybridized carbons (Fsp3) is 0.321. The van der Waals surface area contributed by atoms with E-state index in [9.17, 15) is 9.59 Å². The topological polar surface area (TPSA) is 84.0 Å². The highest BCUT2D eigenvalue weighted by atomic mass is 16.5. The van der Waals surface area contributed by atoms with Crippen molar-refractivity contribution in [1.29, 1.82) is 0 Å². The third-order valence-electron chi connectivity index (χ3n) is 6.02. The van der Waals surface area contributed by atoms with Crippen LogP contribution in [0.3, 0.4) is 0 Å². The average molecular weight is 489 g/mol. The molecule has 1 aromatic heterocycles. The van der Waals surface area contributed by atoms with Gasteiger partial charge in [-0.05, 0) is 47.0 Å². The Bertz CT molecular complexity index is 1140. The number of hydrogen-bond acceptors (Lipinski definition) is 6. The molecule has 1 atom stereocenters. The number of hydrogen-bond donors (Lipinski definition) is 1. The summed E-state index contributed by atoms with van der Waals surface area (Å²) in [6, 6.07) is 19.4. The lowest BCUT2D eigenvalue weighted by Crippen LogP contribution is -2.37. The first-order valence-corrected chi connectivity index (χ1v) is 12.0. The fourth-order valence-corrected chi connectivity index (χ4v) is 4.23. The van der Waals surface area contributed by atoms with Crippen LogP contribution in [-0.2, 0) is 34.0 Å². The molecule has 8 nitrogen and oxygen atoms in total. The van der Waals surface area contributed by atoms with Gasteiger partial charge in [0.15, 0.2) is 0 Å². The minimum Gasteiger partial charge on any atom is -0.497 e. The first kappa shape index (κ1) is 25.3. The lowest BCUT2D eigenvalue weighted by molar-refractivity contribution is -0.132. The maximum atomic E-state index is 13.3. The van der Waals surface area contributed by atoms with E-state index in [0.717, 1.165) is 28.1 Å². The molecule has 0 bridgehead atoms. The molecule has 0 radical (unpaired) electrons. The van der Waals surface area contributed by atoms with Gasteiger partial charge in [0.25, 0.3) is 0 Å². The predicted molar refractivity (Wildman–Crippen MR) is 137 cm³/mol. The van der Waals surface area contributed by atoms with Crippen LogP contribution in [0, 0.1) is 0 Å². The molecular formula is C28H32N4O4. The molecule has 2 amide bonds. The Hall–Kier alpha value is -3.75. The quantitative estimate of drug-likeness (QED) is 0.497. The number of pyridine rings is 1. The van der Waals surface area contributed by atoms with Gasteiger partial charge in [-0.2, -0.15) is 0 Å². The van der Waals surface area contributed by atoms with Crippen LogP contribution in [0.5, 0.6) is 5.75 Å². The standard InChI is InChI=1S/C28H32N4O4/c1-21(33)30-25-9-5-22(6-10-25)15-31-17-27(36-20-24-4-3-13-29-14-24)18-32(28(34)19-31)16-23-7-11-26(35-2)12-8-23/h3-14,27H,15-20H2,1-2H3,(H,30,33)/t27-/m1/s1. The molecule has 36 heavy (non-hydrogen) atoms. The van der Waals surface area contributed by atoms with E-state index in [1.54, 1.807) is 19.5 Å². The van der Waals surface area contributed by atoms with Gasteiger partial charge in [0.1, 0.15) is 5.75 Å². The van der Waals surface area contributed by atoms with Gasteiger partial charge in [-0.3, -0.25) is 19.5 Å². The number of anilines is 1. The molecule has 0 unspecified atom stereocenters. The van der Waals surface area contributed by atoms with Crippen molar-refractivity contribution in [3.63, 3.8) is 0 Å². The number of ether oxygens (including phenoxy) is 2. The number of carbonyl (C=O) groups excluding carboxylic acids is 2. The van der Waals surface area contributed by atoms with Crippen molar-refractivity contribution in [3.05, 3.63) is 89.7 Å². The molecule has 188 valence electrons. The summed E-state index contributed by atoms with van der Waals surface area (Å²) in [6.45, 7) is 4.46. The van der Waals surface area contributed by atoms with Gasteiger partial charge >= 0.3 is 0 Å². The van der Waals surface area contributed by atoms with Gasteiger partial charge in [0.2, 0.25) is 11.8 Å². The molecule has 1 aliphatic rings. The van der Waals surface area contributed by atoms with Crippen molar-refractivity contribution in [3.8, 4) is 5.75 Å². The molecule has 1 fully saturated rings. The first-order chi connectivity index (χ1) is 17.5. The van der Waals surface area contributed by atoms with Gasteiger partial charge < -0.3 is 19.7 Å². The minimum absolute atomic E-state index is 0.0631. The highest BCUT2D eigenvalue weighted by molar-refractivity contribution is 5.88. The molecule has 2 heterocycles. The van der Waals surface area contributed by atoms with E-state index in [1.165, 1.54) is 6.92 Å². The number of rotatable bonds is 9. The monoisotopic (exact) mass is 488 g/mol. The molecule has 0 saturated carbocycles. The molecule has 1 aliphatic heterocycles. The number of amides is 2. The van der Waals surface area contributed by atoms with Crippen LogP contribution in [0.1, 0.15) is 23.6 Å². The highest BCUT2D eigenvalue weighted by Crippen LogP contribution is 2.19. The van der Waals surface area contributed by atoms with Crippen LogP contribution in [0.25, 0.3) is 0 Å². The van der Waals surface area contributed by atoms with Crippen molar-refractivity contribution in [1.82, 2.24) is 14.8 Å². The second-order valence-corrected chi connectivity index (χ2v) is 8.96. The summed E-state index contributed by atoms with van der Waals surface area (Å²) in [6.07, 6.45) is 3.38. The lowest BCUT2D eigenvalue weighted by Gasteiger charge is -2.25. The van der Waals surface area contributed by atoms with Crippen molar-refractivity contribution in [2.45, 2.75) is 32.7 Å². The van der Waals surface area contributed by atoms with Gasteiger partial charge in [0.05, 0.1) is 26.4 Å². The Kier molecular flexibility index (Phi) is 8.65. The lowest BCUT2D eigenvalue weighted by atomic mass is 10.2. The van der Waals surface area contributed by atoms with E-state index in [4.69, 9.17) is 9.47 Å².